The van der Waals surface area contributed by atoms with Crippen LogP contribution in [-0.2, 0) is 32.3 Å². The van der Waals surface area contributed by atoms with Crippen LogP contribution in [0.4, 0.5) is 5.69 Å². The quantitative estimate of drug-likeness (QED) is 0.357. The number of ether oxygens (including phenoxy) is 1. The molecule has 3 aromatic rings. The first-order valence-corrected chi connectivity index (χ1v) is 13.6. The van der Waals surface area contributed by atoms with E-state index < -0.39 is 15.4 Å². The first-order valence-electron chi connectivity index (χ1n) is 11.6. The van der Waals surface area contributed by atoms with Gasteiger partial charge in [-0.3, -0.25) is 9.59 Å². The molecule has 0 bridgehead atoms. The molecule has 0 aromatic heterocycles. The van der Waals surface area contributed by atoms with Crippen LogP contribution in [0.15, 0.2) is 77.7 Å². The van der Waals surface area contributed by atoms with E-state index in [1.807, 2.05) is 0 Å². The van der Waals surface area contributed by atoms with Crippen LogP contribution >= 0.6 is 11.6 Å². The summed E-state index contributed by atoms with van der Waals surface area (Å²) in [6.07, 6.45) is 0.445. The second kappa shape index (κ2) is 11.3. The summed E-state index contributed by atoms with van der Waals surface area (Å²) in [6, 6.07) is 20.5. The molecule has 190 valence electrons. The highest BCUT2D eigenvalue weighted by Crippen LogP contribution is 2.24. The van der Waals surface area contributed by atoms with Crippen molar-refractivity contribution in [3.8, 4) is 5.75 Å². The second-order valence-electron chi connectivity index (χ2n) is 9.04. The van der Waals surface area contributed by atoms with Crippen LogP contribution < -0.4 is 9.64 Å². The molecule has 0 saturated heterocycles. The van der Waals surface area contributed by atoms with E-state index in [4.69, 9.17) is 16.3 Å². The third-order valence-corrected chi connectivity index (χ3v) is 7.80. The van der Waals surface area contributed by atoms with E-state index in [9.17, 15) is 18.0 Å². The van der Waals surface area contributed by atoms with Crippen LogP contribution in [0.25, 0.3) is 0 Å². The lowest BCUT2D eigenvalue weighted by Gasteiger charge is -2.30. The summed E-state index contributed by atoms with van der Waals surface area (Å²) in [6.45, 7) is 5.01. The summed E-state index contributed by atoms with van der Waals surface area (Å²) < 4.78 is 29.8. The molecule has 8 heteroatoms. The van der Waals surface area contributed by atoms with Crippen molar-refractivity contribution >= 4 is 38.8 Å². The summed E-state index contributed by atoms with van der Waals surface area (Å²) >= 11 is 5.93. The molecular formula is C28H30ClNO5S. The van der Waals surface area contributed by atoms with Crippen molar-refractivity contribution in [2.75, 3.05) is 17.7 Å². The standard InChI is InChI=1S/C28H30ClNO5S/c1-5-36(33,34)26-16-8-21(9-17-26)19-24(31)18-20-6-14-25(15-7-20)35-28(2,3)27(32)30(4)23-12-10-22(29)11-13-23/h6-17H,5,18-19H2,1-4H3. The third kappa shape index (κ3) is 6.95. The molecule has 0 spiro atoms. The molecule has 3 aromatic carbocycles. The van der Waals surface area contributed by atoms with Crippen molar-refractivity contribution in [1.82, 2.24) is 0 Å². The Labute approximate surface area is 217 Å². The highest BCUT2D eigenvalue weighted by molar-refractivity contribution is 7.91. The van der Waals surface area contributed by atoms with Gasteiger partial charge >= 0.3 is 0 Å². The Bertz CT molecular complexity index is 1320. The highest BCUT2D eigenvalue weighted by Gasteiger charge is 2.33. The minimum absolute atomic E-state index is 0.00913. The van der Waals surface area contributed by atoms with Crippen LogP contribution in [0.1, 0.15) is 31.9 Å². The van der Waals surface area contributed by atoms with E-state index in [0.717, 1.165) is 11.1 Å². The number of likely N-dealkylation sites (N-methyl/N-ethyl adjacent to an activating group) is 1. The summed E-state index contributed by atoms with van der Waals surface area (Å²) in [5.74, 6) is 0.341. The molecule has 6 nitrogen and oxygen atoms in total. The minimum Gasteiger partial charge on any atom is -0.478 e. The minimum atomic E-state index is -3.26. The van der Waals surface area contributed by atoms with Gasteiger partial charge in [0, 0.05) is 30.6 Å². The number of sulfone groups is 1. The smallest absolute Gasteiger partial charge is 0.270 e. The Morgan fingerprint density at radius 2 is 1.36 bits per heavy atom. The maximum atomic E-state index is 13.0. The van der Waals surface area contributed by atoms with Crippen LogP contribution in [0.5, 0.6) is 5.75 Å². The van der Waals surface area contributed by atoms with Crippen molar-refractivity contribution in [2.45, 2.75) is 44.1 Å². The van der Waals surface area contributed by atoms with Gasteiger partial charge in [-0.25, -0.2) is 8.42 Å². The van der Waals surface area contributed by atoms with Crippen molar-refractivity contribution in [3.63, 3.8) is 0 Å². The largest absolute Gasteiger partial charge is 0.478 e. The molecule has 1 amide bonds. The molecule has 0 heterocycles. The number of anilines is 1. The Hall–Kier alpha value is -3.16. The number of hydrogen-bond donors (Lipinski definition) is 0. The zero-order chi connectivity index (χ0) is 26.5. The molecule has 0 aliphatic rings. The van der Waals surface area contributed by atoms with Gasteiger partial charge < -0.3 is 9.64 Å². The van der Waals surface area contributed by atoms with Gasteiger partial charge in [-0.2, -0.15) is 0 Å². The number of benzene rings is 3. The van der Waals surface area contributed by atoms with Crippen molar-refractivity contribution < 1.29 is 22.7 Å². The number of carbonyl (C=O) groups is 2. The first-order chi connectivity index (χ1) is 16.9. The molecule has 0 atom stereocenters. The molecular weight excluding hydrogens is 498 g/mol. The van der Waals surface area contributed by atoms with Gasteiger partial charge in [-0.05, 0) is 73.5 Å². The lowest BCUT2D eigenvalue weighted by molar-refractivity contribution is -0.131. The number of hydrogen-bond acceptors (Lipinski definition) is 5. The van der Waals surface area contributed by atoms with Gasteiger partial charge in [0.2, 0.25) is 0 Å². The number of Topliss-reactive ketones (excluding diaryl/α,β-unsaturated/α-hetero) is 1. The highest BCUT2D eigenvalue weighted by atomic mass is 35.5. The number of ketones is 1. The van der Waals surface area contributed by atoms with Crippen LogP contribution in [0, 0.1) is 0 Å². The Morgan fingerprint density at radius 1 is 0.861 bits per heavy atom. The van der Waals surface area contributed by atoms with Crippen molar-refractivity contribution in [3.05, 3.63) is 88.9 Å². The van der Waals surface area contributed by atoms with Crippen LogP contribution in [-0.4, -0.2) is 38.5 Å². The molecule has 0 N–H and O–H groups in total. The average molecular weight is 528 g/mol. The first kappa shape index (κ1) is 27.4. The van der Waals surface area contributed by atoms with Gasteiger partial charge in [0.25, 0.3) is 5.91 Å². The summed E-state index contributed by atoms with van der Waals surface area (Å²) in [4.78, 5) is 27.4. The Kier molecular flexibility index (Phi) is 8.59. The maximum Gasteiger partial charge on any atom is 0.270 e. The second-order valence-corrected chi connectivity index (χ2v) is 11.8. The van der Waals surface area contributed by atoms with Gasteiger partial charge in [-0.1, -0.05) is 42.8 Å². The van der Waals surface area contributed by atoms with Gasteiger partial charge in [0.1, 0.15) is 11.5 Å². The number of rotatable bonds is 10. The fourth-order valence-corrected chi connectivity index (χ4v) is 4.71. The number of halogens is 1. The van der Waals surface area contributed by atoms with Gasteiger partial charge in [0.05, 0.1) is 10.6 Å². The average Bonchev–Trinajstić information content (AvgIpc) is 2.85. The molecule has 0 radical (unpaired) electrons. The fourth-order valence-electron chi connectivity index (χ4n) is 3.70. The molecule has 0 unspecified atom stereocenters. The summed E-state index contributed by atoms with van der Waals surface area (Å²) in [7, 11) is -1.58. The van der Waals surface area contributed by atoms with Gasteiger partial charge in [0.15, 0.2) is 15.4 Å². The predicted molar refractivity (Wildman–Crippen MR) is 143 cm³/mol. The maximum absolute atomic E-state index is 13.0. The monoisotopic (exact) mass is 527 g/mol. The lowest BCUT2D eigenvalue weighted by Crippen LogP contribution is -2.47. The molecule has 0 saturated carbocycles. The fraction of sp³-hybridized carbons (Fsp3) is 0.286. The van der Waals surface area contributed by atoms with E-state index >= 15 is 0 Å². The zero-order valence-electron chi connectivity index (χ0n) is 20.8. The molecule has 36 heavy (non-hydrogen) atoms. The van der Waals surface area contributed by atoms with Crippen LogP contribution in [0.2, 0.25) is 5.02 Å². The molecule has 3 rings (SSSR count). The normalized spacial score (nSPS) is 11.7. The lowest BCUT2D eigenvalue weighted by atomic mass is 10.0. The Balaban J connectivity index is 1.58. The summed E-state index contributed by atoms with van der Waals surface area (Å²) in [5.41, 5.74) is 1.17. The SMILES string of the molecule is CCS(=O)(=O)c1ccc(CC(=O)Cc2ccc(OC(C)(C)C(=O)N(C)c3ccc(Cl)cc3)cc2)cc1. The van der Waals surface area contributed by atoms with Crippen molar-refractivity contribution in [1.29, 1.82) is 0 Å². The Morgan fingerprint density at radius 3 is 1.86 bits per heavy atom. The predicted octanol–water partition coefficient (Wildman–Crippen LogP) is 5.31. The molecule has 0 fully saturated rings. The van der Waals surface area contributed by atoms with Gasteiger partial charge in [-0.15, -0.1) is 0 Å². The number of carbonyl (C=O) groups excluding carboxylic acids is 2. The third-order valence-electron chi connectivity index (χ3n) is 5.80. The van der Waals surface area contributed by atoms with Crippen molar-refractivity contribution in [2.24, 2.45) is 0 Å². The molecule has 0 aliphatic carbocycles. The topological polar surface area (TPSA) is 80.7 Å². The number of amides is 1. The van der Waals surface area contributed by atoms with Crippen LogP contribution in [0.3, 0.4) is 0 Å². The summed E-state index contributed by atoms with van der Waals surface area (Å²) in [5, 5.41) is 0.592. The van der Waals surface area contributed by atoms with E-state index in [-0.39, 0.29) is 35.2 Å². The molecule has 0 aliphatic heterocycles. The van der Waals surface area contributed by atoms with E-state index in [0.29, 0.717) is 16.5 Å². The van der Waals surface area contributed by atoms with E-state index in [1.165, 1.54) is 4.90 Å². The van der Waals surface area contributed by atoms with E-state index in [2.05, 4.69) is 0 Å². The van der Waals surface area contributed by atoms with E-state index in [1.54, 1.807) is 101 Å². The number of nitrogens with zero attached hydrogens (tertiary/aromatic N) is 1. The zero-order valence-corrected chi connectivity index (χ0v) is 22.4.